The maximum Gasteiger partial charge on any atom is 0.187 e. The molecule has 0 unspecified atom stereocenters. The van der Waals surface area contributed by atoms with Gasteiger partial charge < -0.3 is 69.3 Å². The molecule has 2 aliphatic heterocycles. The van der Waals surface area contributed by atoms with Gasteiger partial charge in [0, 0.05) is 32.5 Å². The third kappa shape index (κ3) is 7.30. The molecule has 6 rings (SSSR count). The SMILES string of the molecule is CO[C@H]1[C@H](O[C@@H]2[C@@H](OC[C@@H](C)C/C=C/[C@@H](C)[C@H]3C[C@@H](O)[C@@H]4[C@]3(C)CC[C@@H]3[C@@]5(C)CC[C@H](O)[C@H](O)[C@@H]5[C@@H](O)C[C@]34O)O[C@H](CO)[C@H]2O)OC[C@@H](OC)[C@@H]1O. The van der Waals surface area contributed by atoms with Crippen LogP contribution in [0, 0.1) is 46.3 Å². The Hall–Kier alpha value is -0.820. The zero-order valence-electron chi connectivity index (χ0n) is 32.1. The molecule has 4 aliphatic carbocycles. The molecule has 4 saturated carbocycles. The van der Waals surface area contributed by atoms with Crippen LogP contribution in [0.15, 0.2) is 12.2 Å². The second-order valence-corrected chi connectivity index (χ2v) is 17.8. The molecule has 0 bridgehead atoms. The van der Waals surface area contributed by atoms with Crippen LogP contribution >= 0.6 is 0 Å². The van der Waals surface area contributed by atoms with Gasteiger partial charge in [0.1, 0.15) is 36.6 Å². The summed E-state index contributed by atoms with van der Waals surface area (Å²) >= 11 is 0. The second kappa shape index (κ2) is 16.2. The lowest BCUT2D eigenvalue weighted by atomic mass is 9.41. The number of hydrogen-bond donors (Lipinski definition) is 8. The van der Waals surface area contributed by atoms with Crippen LogP contribution in [0.5, 0.6) is 0 Å². The van der Waals surface area contributed by atoms with Gasteiger partial charge in [-0.1, -0.05) is 39.8 Å². The molecule has 0 aromatic rings. The van der Waals surface area contributed by atoms with Crippen molar-refractivity contribution < 1.29 is 69.3 Å². The van der Waals surface area contributed by atoms with Crippen LogP contribution in [-0.4, -0.2) is 154 Å². The number of methoxy groups -OCH3 is 2. The van der Waals surface area contributed by atoms with E-state index < -0.39 is 103 Å². The van der Waals surface area contributed by atoms with Crippen LogP contribution in [-0.2, 0) is 28.4 Å². The van der Waals surface area contributed by atoms with E-state index in [1.165, 1.54) is 14.2 Å². The second-order valence-electron chi connectivity index (χ2n) is 17.8. The molecule has 14 nitrogen and oxygen atoms in total. The van der Waals surface area contributed by atoms with E-state index in [2.05, 4.69) is 26.0 Å². The van der Waals surface area contributed by atoms with Crippen molar-refractivity contribution in [1.29, 1.82) is 0 Å². The smallest absolute Gasteiger partial charge is 0.187 e. The molecule has 0 aromatic carbocycles. The molecule has 0 amide bonds. The fourth-order valence-electron chi connectivity index (χ4n) is 12.1. The minimum Gasteiger partial charge on any atom is -0.394 e. The summed E-state index contributed by atoms with van der Waals surface area (Å²) in [6.07, 6.45) is -3.13. The Morgan fingerprint density at radius 2 is 1.57 bits per heavy atom. The summed E-state index contributed by atoms with van der Waals surface area (Å²) in [6.45, 7) is 8.31. The molecule has 2 saturated heterocycles. The van der Waals surface area contributed by atoms with Crippen LogP contribution < -0.4 is 0 Å². The van der Waals surface area contributed by atoms with E-state index in [-0.39, 0.29) is 48.7 Å². The van der Waals surface area contributed by atoms with Crippen LogP contribution in [0.1, 0.15) is 72.6 Å². The molecule has 0 aromatic heterocycles. The zero-order valence-corrected chi connectivity index (χ0v) is 32.1. The highest BCUT2D eigenvalue weighted by atomic mass is 16.8. The highest BCUT2D eigenvalue weighted by Crippen LogP contribution is 2.69. The van der Waals surface area contributed by atoms with Crippen LogP contribution in [0.3, 0.4) is 0 Å². The van der Waals surface area contributed by atoms with Crippen LogP contribution in [0.2, 0.25) is 0 Å². The zero-order chi connectivity index (χ0) is 38.6. The van der Waals surface area contributed by atoms with Gasteiger partial charge in [-0.25, -0.2) is 0 Å². The number of allylic oxidation sites excluding steroid dienone is 2. The van der Waals surface area contributed by atoms with Gasteiger partial charge in [-0.3, -0.25) is 0 Å². The number of aliphatic hydroxyl groups is 8. The van der Waals surface area contributed by atoms with E-state index in [0.29, 0.717) is 25.7 Å². The molecule has 21 atom stereocenters. The Kier molecular flexibility index (Phi) is 12.8. The van der Waals surface area contributed by atoms with Crippen molar-refractivity contribution in [2.45, 2.75) is 152 Å². The highest BCUT2D eigenvalue weighted by Gasteiger charge is 2.71. The number of ether oxygens (including phenoxy) is 6. The third-order valence-electron chi connectivity index (χ3n) is 14.7. The largest absolute Gasteiger partial charge is 0.394 e. The van der Waals surface area contributed by atoms with Crippen molar-refractivity contribution in [2.24, 2.45) is 46.3 Å². The van der Waals surface area contributed by atoms with Gasteiger partial charge in [-0.2, -0.15) is 0 Å². The highest BCUT2D eigenvalue weighted by molar-refractivity contribution is 5.21. The number of fused-ring (bicyclic) bond motifs is 5. The Morgan fingerprint density at radius 1 is 0.849 bits per heavy atom. The van der Waals surface area contributed by atoms with Gasteiger partial charge >= 0.3 is 0 Å². The van der Waals surface area contributed by atoms with Crippen LogP contribution in [0.25, 0.3) is 0 Å². The Morgan fingerprint density at radius 3 is 2.25 bits per heavy atom. The standard InChI is InChI=1S/C39H66O14/c1-19(17-50-36-33(30(45)25(16-40)52-36)53-35-32(49-6)31(46)26(48-5)18-51-35)8-7-9-20(2)21-14-23(42)34-37(21,3)13-11-27-38(4)12-10-22(41)29(44)28(38)24(43)15-39(27,34)47/h7,9,19-36,40-47H,8,10-18H2,1-6H3/b9-7+/t19-,20+,21+,22-,23+,24-,25+,26+,27+,28-,29-,30+,31-,32+,33-,34+,35-,36-,37+,38+,39-/m0/s1. The Labute approximate surface area is 313 Å². The van der Waals surface area contributed by atoms with E-state index in [4.69, 9.17) is 28.4 Å². The first-order valence-corrected chi connectivity index (χ1v) is 19.7. The van der Waals surface area contributed by atoms with E-state index in [1.807, 2.05) is 13.8 Å². The first-order valence-electron chi connectivity index (χ1n) is 19.7. The van der Waals surface area contributed by atoms with E-state index in [0.717, 1.165) is 12.8 Å². The van der Waals surface area contributed by atoms with E-state index in [1.54, 1.807) is 0 Å². The first kappa shape index (κ1) is 41.8. The average Bonchev–Trinajstić information content (AvgIpc) is 3.57. The summed E-state index contributed by atoms with van der Waals surface area (Å²) < 4.78 is 34.4. The van der Waals surface area contributed by atoms with Crippen molar-refractivity contribution in [3.05, 3.63) is 12.2 Å². The minimum absolute atomic E-state index is 0.0467. The first-order chi connectivity index (χ1) is 25.0. The fraction of sp³-hybridized carbons (Fsp3) is 0.949. The number of rotatable bonds is 12. The lowest BCUT2D eigenvalue weighted by Crippen LogP contribution is -2.70. The van der Waals surface area contributed by atoms with Gasteiger partial charge in [0.2, 0.25) is 0 Å². The molecule has 0 spiro atoms. The molecule has 0 radical (unpaired) electrons. The predicted octanol–water partition coefficient (Wildman–Crippen LogP) is 0.479. The summed E-state index contributed by atoms with van der Waals surface area (Å²) in [4.78, 5) is 0. The van der Waals surface area contributed by atoms with E-state index in [9.17, 15) is 40.9 Å². The molecular formula is C39H66O14. The van der Waals surface area contributed by atoms with Crippen molar-refractivity contribution in [1.82, 2.24) is 0 Å². The summed E-state index contributed by atoms with van der Waals surface area (Å²) in [5.41, 5.74) is -2.19. The molecule has 6 aliphatic rings. The molecule has 306 valence electrons. The monoisotopic (exact) mass is 758 g/mol. The molecular weight excluding hydrogens is 692 g/mol. The van der Waals surface area contributed by atoms with Gasteiger partial charge in [-0.15, -0.1) is 0 Å². The summed E-state index contributed by atoms with van der Waals surface area (Å²) in [6, 6.07) is 0. The van der Waals surface area contributed by atoms with Gasteiger partial charge in [0.05, 0.1) is 49.8 Å². The summed E-state index contributed by atoms with van der Waals surface area (Å²) in [7, 11) is 2.88. The fourth-order valence-corrected chi connectivity index (χ4v) is 12.1. The molecule has 8 N–H and O–H groups in total. The lowest BCUT2D eigenvalue weighted by Gasteiger charge is -2.66. The quantitative estimate of drug-likeness (QED) is 0.127. The molecule has 6 fully saturated rings. The third-order valence-corrected chi connectivity index (χ3v) is 14.7. The molecule has 53 heavy (non-hydrogen) atoms. The molecule has 14 heteroatoms. The predicted molar refractivity (Wildman–Crippen MR) is 189 cm³/mol. The number of aliphatic hydroxyl groups excluding tert-OH is 7. The summed E-state index contributed by atoms with van der Waals surface area (Å²) in [5.74, 6) is -0.877. The van der Waals surface area contributed by atoms with Crippen molar-refractivity contribution in [3.8, 4) is 0 Å². The van der Waals surface area contributed by atoms with E-state index >= 15 is 0 Å². The van der Waals surface area contributed by atoms with Crippen molar-refractivity contribution in [3.63, 3.8) is 0 Å². The number of hydrogen-bond acceptors (Lipinski definition) is 14. The van der Waals surface area contributed by atoms with Crippen LogP contribution in [0.4, 0.5) is 0 Å². The van der Waals surface area contributed by atoms with Crippen molar-refractivity contribution >= 4 is 0 Å². The Bertz CT molecular complexity index is 1260. The molecule has 2 heterocycles. The van der Waals surface area contributed by atoms with Crippen molar-refractivity contribution in [2.75, 3.05) is 34.0 Å². The average molecular weight is 759 g/mol. The summed E-state index contributed by atoms with van der Waals surface area (Å²) in [5, 5.41) is 88.3. The maximum absolute atomic E-state index is 12.6. The maximum atomic E-state index is 12.6. The van der Waals surface area contributed by atoms with Gasteiger partial charge in [0.15, 0.2) is 12.6 Å². The van der Waals surface area contributed by atoms with Gasteiger partial charge in [-0.05, 0) is 73.0 Å². The Balaban J connectivity index is 1.06. The van der Waals surface area contributed by atoms with Gasteiger partial charge in [0.25, 0.3) is 0 Å². The topological polar surface area (TPSA) is 217 Å². The lowest BCUT2D eigenvalue weighted by molar-refractivity contribution is -0.310. The normalized spacial score (nSPS) is 52.6. The minimum atomic E-state index is -1.28.